The van der Waals surface area contributed by atoms with Crippen molar-refractivity contribution in [1.82, 2.24) is 0 Å². The summed E-state index contributed by atoms with van der Waals surface area (Å²) in [7, 11) is -2.81. The summed E-state index contributed by atoms with van der Waals surface area (Å²) in [5.74, 6) is 0. The largest absolute Gasteiger partial charge is 0.308 e. The van der Waals surface area contributed by atoms with Crippen molar-refractivity contribution >= 4 is 22.5 Å². The van der Waals surface area contributed by atoms with E-state index in [-0.39, 0.29) is 6.07 Å². The van der Waals surface area contributed by atoms with Crippen molar-refractivity contribution in [1.29, 1.82) is 0 Å². The van der Waals surface area contributed by atoms with E-state index >= 15 is 0 Å². The number of hydrogen-bond acceptors (Lipinski definition) is 3. The van der Waals surface area contributed by atoms with Gasteiger partial charge >= 0.3 is 0 Å². The molecule has 0 aromatic heterocycles. The quantitative estimate of drug-likeness (QED) is 0.581. The molecule has 0 bridgehead atoms. The molecule has 0 spiro atoms. The number of alkyl halides is 1. The Hall–Kier alpha value is 0.520. The Morgan fingerprint density at radius 1 is 1.71 bits per heavy atom. The van der Waals surface area contributed by atoms with Crippen LogP contribution in [0.15, 0.2) is 0 Å². The fourth-order valence-corrected chi connectivity index (χ4v) is 0.759. The molecule has 0 heterocycles. The average molecular weight is 147 g/mol. The zero-order chi connectivity index (χ0) is 5.91. The van der Waals surface area contributed by atoms with Gasteiger partial charge in [0.15, 0.2) is 0 Å². The smallest absolute Gasteiger partial charge is 0.138 e. The van der Waals surface area contributed by atoms with Crippen molar-refractivity contribution in [2.75, 3.05) is 12.3 Å². The molecule has 0 aliphatic heterocycles. The van der Waals surface area contributed by atoms with Crippen LogP contribution >= 0.6 is 22.5 Å². The number of rotatable bonds is 2. The Morgan fingerprint density at radius 2 is 2.14 bits per heavy atom. The minimum Gasteiger partial charge on any atom is -0.308 e. The average Bonchev–Trinajstić information content (AvgIpc) is 1.30. The van der Waals surface area contributed by atoms with Gasteiger partial charge in [-0.05, 0) is 0 Å². The van der Waals surface area contributed by atoms with Crippen LogP contribution < -0.4 is 0 Å². The molecule has 0 aromatic carbocycles. The summed E-state index contributed by atoms with van der Waals surface area (Å²) >= 11 is 4.96. The zero-order valence-electron chi connectivity index (χ0n) is 3.80. The molecule has 5 heteroatoms. The van der Waals surface area contributed by atoms with Crippen molar-refractivity contribution < 1.29 is 13.3 Å². The molecule has 0 saturated carbocycles. The minimum atomic E-state index is -2.81. The van der Waals surface area contributed by atoms with Gasteiger partial charge in [0.05, 0.1) is 10.9 Å². The molecule has 0 amide bonds. The second-order valence-electron chi connectivity index (χ2n) is 0.989. The molecule has 0 unspecified atom stereocenters. The fraction of sp³-hybridized carbons (Fsp3) is 1.00. The maximum atomic E-state index is 8.35. The molecule has 0 aliphatic rings. The Kier molecular flexibility index (Phi) is 2.94. The first-order valence-electron chi connectivity index (χ1n) is 1.50. The SMILES string of the molecule is CS(O)(O)OCCl. The highest BCUT2D eigenvalue weighted by molar-refractivity contribution is 8.19. The molecular weight excluding hydrogens is 140 g/mol. The van der Waals surface area contributed by atoms with E-state index in [9.17, 15) is 0 Å². The van der Waals surface area contributed by atoms with E-state index in [0.717, 1.165) is 6.26 Å². The zero-order valence-corrected chi connectivity index (χ0v) is 5.37. The predicted octanol–water partition coefficient (Wildman–Crippen LogP) is 1.49. The fourth-order valence-electron chi connectivity index (χ4n) is 0.0844. The van der Waals surface area contributed by atoms with Crippen LogP contribution in [0.5, 0.6) is 0 Å². The van der Waals surface area contributed by atoms with E-state index < -0.39 is 10.9 Å². The van der Waals surface area contributed by atoms with Gasteiger partial charge in [-0.15, -0.1) is 0 Å². The van der Waals surface area contributed by atoms with Gasteiger partial charge in [0, 0.05) is 6.26 Å². The molecule has 0 fully saturated rings. The third-order valence-corrected chi connectivity index (χ3v) is 1.07. The lowest BCUT2D eigenvalue weighted by Gasteiger charge is -2.18. The maximum absolute atomic E-state index is 8.35. The van der Waals surface area contributed by atoms with E-state index in [1.165, 1.54) is 0 Å². The molecule has 0 aromatic rings. The molecule has 2 N–H and O–H groups in total. The van der Waals surface area contributed by atoms with Gasteiger partial charge in [-0.1, -0.05) is 11.6 Å². The van der Waals surface area contributed by atoms with Gasteiger partial charge in [0.25, 0.3) is 0 Å². The monoisotopic (exact) mass is 146 g/mol. The highest BCUT2D eigenvalue weighted by atomic mass is 35.5. The lowest BCUT2D eigenvalue weighted by molar-refractivity contribution is 0.310. The van der Waals surface area contributed by atoms with Crippen molar-refractivity contribution in [3.8, 4) is 0 Å². The summed E-state index contributed by atoms with van der Waals surface area (Å²) in [5.41, 5.74) is 0. The molecule has 0 atom stereocenters. The van der Waals surface area contributed by atoms with E-state index in [0.29, 0.717) is 0 Å². The number of halogens is 1. The van der Waals surface area contributed by atoms with Crippen LogP contribution in [0.3, 0.4) is 0 Å². The van der Waals surface area contributed by atoms with Crippen molar-refractivity contribution in [3.63, 3.8) is 0 Å². The van der Waals surface area contributed by atoms with Crippen LogP contribution in [0.25, 0.3) is 0 Å². The second kappa shape index (κ2) is 2.74. The van der Waals surface area contributed by atoms with Crippen LogP contribution in [0.1, 0.15) is 0 Å². The third-order valence-electron chi connectivity index (χ3n) is 0.268. The molecule has 0 saturated heterocycles. The molecule has 0 aliphatic carbocycles. The lowest BCUT2D eigenvalue weighted by atomic mass is 11.7. The van der Waals surface area contributed by atoms with Crippen molar-refractivity contribution in [3.05, 3.63) is 0 Å². The Balaban J connectivity index is 3.15. The second-order valence-corrected chi connectivity index (χ2v) is 2.97. The Labute approximate surface area is 48.8 Å². The highest BCUT2D eigenvalue weighted by Gasteiger charge is 2.05. The summed E-state index contributed by atoms with van der Waals surface area (Å²) in [5, 5.41) is 0. The summed E-state index contributed by atoms with van der Waals surface area (Å²) in [4.78, 5) is 0. The first-order chi connectivity index (χ1) is 3.06. The normalized spacial score (nSPS) is 14.3. The van der Waals surface area contributed by atoms with Crippen LogP contribution in [-0.4, -0.2) is 21.4 Å². The third kappa shape index (κ3) is 6.52. The van der Waals surface area contributed by atoms with E-state index in [2.05, 4.69) is 4.18 Å². The Morgan fingerprint density at radius 3 is 2.14 bits per heavy atom. The van der Waals surface area contributed by atoms with Gasteiger partial charge in [0.2, 0.25) is 0 Å². The van der Waals surface area contributed by atoms with E-state index in [1.54, 1.807) is 0 Å². The molecule has 3 nitrogen and oxygen atoms in total. The minimum absolute atomic E-state index is 0.182. The van der Waals surface area contributed by atoms with E-state index in [1.807, 2.05) is 0 Å². The molecular formula is C2H7ClO3S. The molecule has 0 radical (unpaired) electrons. The topological polar surface area (TPSA) is 49.7 Å². The summed E-state index contributed by atoms with van der Waals surface area (Å²) in [6.07, 6.45) is 1.16. The first-order valence-corrected chi connectivity index (χ1v) is 3.91. The Bertz CT molecular complexity index is 51.4. The van der Waals surface area contributed by atoms with Crippen LogP contribution in [0.4, 0.5) is 0 Å². The van der Waals surface area contributed by atoms with Crippen LogP contribution in [0, 0.1) is 0 Å². The van der Waals surface area contributed by atoms with Gasteiger partial charge in [-0.3, -0.25) is 4.18 Å². The first kappa shape index (κ1) is 7.52. The van der Waals surface area contributed by atoms with Gasteiger partial charge in [-0.25, -0.2) is 0 Å². The maximum Gasteiger partial charge on any atom is 0.138 e. The predicted molar refractivity (Wildman–Crippen MR) is 30.6 cm³/mol. The van der Waals surface area contributed by atoms with Gasteiger partial charge in [-0.2, -0.15) is 0 Å². The van der Waals surface area contributed by atoms with Crippen LogP contribution in [0.2, 0.25) is 0 Å². The molecule has 7 heavy (non-hydrogen) atoms. The molecule has 0 rings (SSSR count). The molecule has 46 valence electrons. The van der Waals surface area contributed by atoms with Crippen molar-refractivity contribution in [2.24, 2.45) is 0 Å². The van der Waals surface area contributed by atoms with Crippen LogP contribution in [-0.2, 0) is 4.18 Å². The van der Waals surface area contributed by atoms with E-state index in [4.69, 9.17) is 20.7 Å². The standard InChI is InChI=1S/C2H7ClO3S/c1-7(4,5)6-2-3/h4-5H,2H2,1H3. The van der Waals surface area contributed by atoms with Gasteiger partial charge in [0.1, 0.15) is 6.07 Å². The van der Waals surface area contributed by atoms with Gasteiger partial charge < -0.3 is 9.11 Å². The summed E-state index contributed by atoms with van der Waals surface area (Å²) in [6.45, 7) is 0. The summed E-state index contributed by atoms with van der Waals surface area (Å²) < 4.78 is 20.9. The highest BCUT2D eigenvalue weighted by Crippen LogP contribution is 2.34. The summed E-state index contributed by atoms with van der Waals surface area (Å²) in [6, 6.07) is -0.182. The lowest BCUT2D eigenvalue weighted by Crippen LogP contribution is -1.96. The number of hydrogen-bond donors (Lipinski definition) is 2. The van der Waals surface area contributed by atoms with Crippen molar-refractivity contribution in [2.45, 2.75) is 0 Å².